The molecule has 1 aliphatic carbocycles. The second-order valence-corrected chi connectivity index (χ2v) is 7.17. The van der Waals surface area contributed by atoms with Crippen molar-refractivity contribution in [3.05, 3.63) is 29.8 Å². The molecule has 0 heterocycles. The van der Waals surface area contributed by atoms with Crippen LogP contribution in [0, 0.1) is 5.92 Å². The third-order valence-corrected chi connectivity index (χ3v) is 5.98. The first kappa shape index (κ1) is 13.7. The Kier molecular flexibility index (Phi) is 5.65. The van der Waals surface area contributed by atoms with Gasteiger partial charge in [-0.05, 0) is 37.5 Å². The van der Waals surface area contributed by atoms with Crippen molar-refractivity contribution in [3.63, 3.8) is 0 Å². The van der Waals surface area contributed by atoms with Crippen LogP contribution in [0.4, 0.5) is 0 Å². The van der Waals surface area contributed by atoms with Crippen LogP contribution in [0.5, 0.6) is 0 Å². The highest BCUT2D eigenvalue weighted by Crippen LogP contribution is 2.36. The van der Waals surface area contributed by atoms with Gasteiger partial charge < -0.3 is 9.07 Å². The third-order valence-electron chi connectivity index (χ3n) is 4.18. The first-order valence-corrected chi connectivity index (χ1v) is 9.83. The van der Waals surface area contributed by atoms with E-state index in [4.69, 9.17) is 9.07 Å². The van der Waals surface area contributed by atoms with Gasteiger partial charge in [0.1, 0.15) is 0 Å². The Bertz CT molecular complexity index is 343. The predicted molar refractivity (Wildman–Crippen MR) is 77.3 cm³/mol. The molecule has 0 nitrogen and oxygen atoms in total. The van der Waals surface area contributed by atoms with Crippen LogP contribution >= 0.6 is 9.07 Å². The Morgan fingerprint density at radius 1 is 1.18 bits per heavy atom. The fourth-order valence-electron chi connectivity index (χ4n) is 3.22. The molecule has 1 saturated carbocycles. The average molecular weight is 261 g/mol. The molecule has 1 aromatic rings. The summed E-state index contributed by atoms with van der Waals surface area (Å²) in [6.45, 7) is 2.31. The molecule has 0 radical (unpaired) electrons. The van der Waals surface area contributed by atoms with E-state index >= 15 is 0 Å². The normalized spacial score (nSPS) is 24.4. The summed E-state index contributed by atoms with van der Waals surface area (Å²) in [5.41, 5.74) is 1.57. The molecule has 2 heteroatoms. The predicted octanol–water partition coefficient (Wildman–Crippen LogP) is 4.24. The van der Waals surface area contributed by atoms with Crippen molar-refractivity contribution in [2.75, 3.05) is 0 Å². The van der Waals surface area contributed by atoms with Crippen molar-refractivity contribution >= 4 is 32.0 Å². The molecule has 1 aliphatic rings. The molecule has 0 atom stereocenters. The second-order valence-electron chi connectivity index (χ2n) is 5.34. The molecule has 0 unspecified atom stereocenters. The van der Waals surface area contributed by atoms with Crippen molar-refractivity contribution in [2.24, 2.45) is 5.92 Å². The Morgan fingerprint density at radius 2 is 1.88 bits per heavy atom. The Labute approximate surface area is 119 Å². The molecule has 0 aromatic heterocycles. The zero-order valence-electron chi connectivity index (χ0n) is 10.8. The molecular weight excluding hydrogens is 240 g/mol. The Hall–Kier alpha value is 0.276. The van der Waals surface area contributed by atoms with E-state index in [1.54, 1.807) is 5.56 Å². The monoisotopic (exact) mass is 260 g/mol. The summed E-state index contributed by atoms with van der Waals surface area (Å²) >= 11 is -0.533. The minimum Gasteiger partial charge on any atom is -0.336 e. The van der Waals surface area contributed by atoms with Gasteiger partial charge in [-0.3, -0.25) is 0 Å². The van der Waals surface area contributed by atoms with Crippen LogP contribution in [0.1, 0.15) is 56.9 Å². The van der Waals surface area contributed by atoms with Gasteiger partial charge in [-0.25, -0.2) is 0 Å². The van der Waals surface area contributed by atoms with Crippen LogP contribution in [0.3, 0.4) is 0 Å². The molecule has 1 fully saturated rings. The SMILES string of the molecule is CCC[C@H]1CC[C@H](c2cccc[c]2[Mg][Cl])CC1. The Morgan fingerprint density at radius 3 is 2.53 bits per heavy atom. The fourth-order valence-corrected chi connectivity index (χ4v) is 4.74. The van der Waals surface area contributed by atoms with E-state index in [-0.39, 0.29) is 0 Å². The van der Waals surface area contributed by atoms with Gasteiger partial charge in [-0.1, -0.05) is 49.6 Å². The van der Waals surface area contributed by atoms with Gasteiger partial charge in [-0.15, -0.1) is 3.69 Å². The number of benzene rings is 1. The van der Waals surface area contributed by atoms with Crippen LogP contribution in [0.25, 0.3) is 0 Å². The van der Waals surface area contributed by atoms with Gasteiger partial charge in [0.2, 0.25) is 0 Å². The van der Waals surface area contributed by atoms with Crippen molar-refractivity contribution in [1.82, 2.24) is 0 Å². The highest BCUT2D eigenvalue weighted by atomic mass is 35.5. The summed E-state index contributed by atoms with van der Waals surface area (Å²) in [5, 5.41) is 0. The van der Waals surface area contributed by atoms with E-state index in [0.717, 1.165) is 11.8 Å². The topological polar surface area (TPSA) is 0 Å². The largest absolute Gasteiger partial charge is 0.538 e. The summed E-state index contributed by atoms with van der Waals surface area (Å²) in [6.07, 6.45) is 8.40. The van der Waals surface area contributed by atoms with Gasteiger partial charge in [0.25, 0.3) is 0 Å². The standard InChI is InChI=1S/C15H21.ClH.Mg/c1-2-6-13-9-11-15(12-10-13)14-7-4-3-5-8-14;;/h3-5,7,13,15H,2,6,9-12H2,1H3;1H;/q;;+1/p-1/t13-,15-;;. The van der Waals surface area contributed by atoms with Crippen LogP contribution in [-0.4, -0.2) is 19.3 Å². The van der Waals surface area contributed by atoms with E-state index in [1.165, 1.54) is 42.2 Å². The van der Waals surface area contributed by atoms with E-state index in [1.807, 2.05) is 0 Å². The summed E-state index contributed by atoms with van der Waals surface area (Å²) in [6, 6.07) is 8.87. The zero-order valence-corrected chi connectivity index (χ0v) is 13.0. The lowest BCUT2D eigenvalue weighted by molar-refractivity contribution is 0.309. The van der Waals surface area contributed by atoms with Crippen molar-refractivity contribution in [2.45, 2.75) is 51.4 Å². The van der Waals surface area contributed by atoms with Crippen LogP contribution in [0.2, 0.25) is 0 Å². The summed E-state index contributed by atoms with van der Waals surface area (Å²) in [4.78, 5) is 0. The molecular formula is C15H21ClMg. The number of halogens is 1. The average Bonchev–Trinajstić information content (AvgIpc) is 2.40. The highest BCUT2D eigenvalue weighted by molar-refractivity contribution is 7.01. The summed E-state index contributed by atoms with van der Waals surface area (Å²) in [5.74, 6) is 1.79. The van der Waals surface area contributed by atoms with Crippen LogP contribution in [-0.2, 0) is 0 Å². The van der Waals surface area contributed by atoms with Gasteiger partial charge in [-0.2, -0.15) is 0 Å². The van der Waals surface area contributed by atoms with Crippen LogP contribution in [0.15, 0.2) is 24.3 Å². The maximum absolute atomic E-state index is 6.17. The first-order valence-electron chi connectivity index (χ1n) is 6.99. The summed E-state index contributed by atoms with van der Waals surface area (Å²) < 4.78 is 1.48. The molecule has 17 heavy (non-hydrogen) atoms. The van der Waals surface area contributed by atoms with Gasteiger partial charge in [0, 0.05) is 0 Å². The number of hydrogen-bond donors (Lipinski definition) is 0. The summed E-state index contributed by atoms with van der Waals surface area (Å²) in [7, 11) is 6.17. The van der Waals surface area contributed by atoms with E-state index < -0.39 is 19.3 Å². The quantitative estimate of drug-likeness (QED) is 0.711. The van der Waals surface area contributed by atoms with E-state index in [0.29, 0.717) is 0 Å². The second kappa shape index (κ2) is 7.01. The lowest BCUT2D eigenvalue weighted by Crippen LogP contribution is -2.21. The minimum absolute atomic E-state index is 0.533. The molecule has 1 aromatic carbocycles. The van der Waals surface area contributed by atoms with Crippen molar-refractivity contribution in [1.29, 1.82) is 0 Å². The molecule has 90 valence electrons. The minimum atomic E-state index is -0.533. The van der Waals surface area contributed by atoms with Gasteiger partial charge in [0.15, 0.2) is 0 Å². The molecule has 0 saturated heterocycles. The Balaban J connectivity index is 2.00. The maximum atomic E-state index is 6.17. The van der Waals surface area contributed by atoms with Crippen molar-refractivity contribution < 1.29 is 0 Å². The lowest BCUT2D eigenvalue weighted by Gasteiger charge is -2.30. The van der Waals surface area contributed by atoms with Crippen molar-refractivity contribution in [3.8, 4) is 0 Å². The van der Waals surface area contributed by atoms with Gasteiger partial charge >= 0.3 is 19.3 Å². The molecule has 2 rings (SSSR count). The smallest absolute Gasteiger partial charge is 0.336 e. The maximum Gasteiger partial charge on any atom is 0.538 e. The van der Waals surface area contributed by atoms with Crippen LogP contribution < -0.4 is 3.69 Å². The molecule has 0 aliphatic heterocycles. The first-order chi connectivity index (χ1) is 8.35. The third kappa shape index (κ3) is 3.62. The number of rotatable bonds is 4. The molecule has 0 N–H and O–H groups in total. The molecule has 0 spiro atoms. The van der Waals surface area contributed by atoms with E-state index in [9.17, 15) is 0 Å². The fraction of sp³-hybridized carbons (Fsp3) is 0.600. The molecule has 0 amide bonds. The number of hydrogen-bond acceptors (Lipinski definition) is 0. The highest BCUT2D eigenvalue weighted by Gasteiger charge is 2.22. The lowest BCUT2D eigenvalue weighted by atomic mass is 9.77. The van der Waals surface area contributed by atoms with E-state index in [2.05, 4.69) is 31.2 Å². The zero-order chi connectivity index (χ0) is 12.1. The van der Waals surface area contributed by atoms with Gasteiger partial charge in [0.05, 0.1) is 0 Å². The molecule has 0 bridgehead atoms.